The molecule has 0 aliphatic heterocycles. The summed E-state index contributed by atoms with van der Waals surface area (Å²) >= 11 is 5.98. The van der Waals surface area contributed by atoms with Gasteiger partial charge in [0.1, 0.15) is 0 Å². The van der Waals surface area contributed by atoms with Crippen molar-refractivity contribution in [2.75, 3.05) is 0 Å². The third-order valence-corrected chi connectivity index (χ3v) is 5.13. The van der Waals surface area contributed by atoms with E-state index in [0.29, 0.717) is 10.6 Å². The van der Waals surface area contributed by atoms with Gasteiger partial charge in [0.05, 0.1) is 10.5 Å². The molecule has 1 N–H and O–H groups in total. The standard InChI is InChI=1S/C15H13ClF3NO2S/c1-10(11-6-2-4-8-13(11)16)20-23(21,22)14-9-5-3-7-12(14)15(17,18)19/h2-10,20H,1H3. The van der Waals surface area contributed by atoms with Gasteiger partial charge in [-0.05, 0) is 30.7 Å². The second-order valence-electron chi connectivity index (χ2n) is 4.86. The molecule has 1 unspecified atom stereocenters. The smallest absolute Gasteiger partial charge is 0.207 e. The van der Waals surface area contributed by atoms with Gasteiger partial charge in [-0.25, -0.2) is 13.1 Å². The van der Waals surface area contributed by atoms with Crippen LogP contribution in [0.2, 0.25) is 5.02 Å². The topological polar surface area (TPSA) is 46.2 Å². The van der Waals surface area contributed by atoms with E-state index in [1.807, 2.05) is 0 Å². The summed E-state index contributed by atoms with van der Waals surface area (Å²) in [4.78, 5) is -0.814. The summed E-state index contributed by atoms with van der Waals surface area (Å²) in [6, 6.07) is 9.76. The number of rotatable bonds is 4. The van der Waals surface area contributed by atoms with Crippen molar-refractivity contribution in [2.45, 2.75) is 24.0 Å². The van der Waals surface area contributed by atoms with Crippen LogP contribution >= 0.6 is 11.6 Å². The van der Waals surface area contributed by atoms with Crippen molar-refractivity contribution < 1.29 is 21.6 Å². The van der Waals surface area contributed by atoms with Crippen LogP contribution in [0.15, 0.2) is 53.4 Å². The Labute approximate surface area is 137 Å². The molecule has 2 aromatic carbocycles. The van der Waals surface area contributed by atoms with E-state index in [4.69, 9.17) is 11.6 Å². The van der Waals surface area contributed by atoms with Crippen molar-refractivity contribution in [3.05, 3.63) is 64.7 Å². The molecule has 0 saturated carbocycles. The van der Waals surface area contributed by atoms with Gasteiger partial charge in [-0.15, -0.1) is 0 Å². The molecule has 0 spiro atoms. The van der Waals surface area contributed by atoms with Crippen molar-refractivity contribution >= 4 is 21.6 Å². The fourth-order valence-electron chi connectivity index (χ4n) is 2.12. The minimum Gasteiger partial charge on any atom is -0.207 e. The number of halogens is 4. The minimum absolute atomic E-state index is 0.326. The van der Waals surface area contributed by atoms with Crippen molar-refractivity contribution in [1.29, 1.82) is 0 Å². The van der Waals surface area contributed by atoms with Crippen LogP contribution in [0.3, 0.4) is 0 Å². The number of nitrogens with one attached hydrogen (secondary N) is 1. The Morgan fingerprint density at radius 1 is 1.04 bits per heavy atom. The first kappa shape index (κ1) is 17.8. The molecule has 0 saturated heterocycles. The molecule has 0 heterocycles. The third-order valence-electron chi connectivity index (χ3n) is 3.19. The van der Waals surface area contributed by atoms with Gasteiger partial charge in [0.2, 0.25) is 10.0 Å². The first-order valence-corrected chi connectivity index (χ1v) is 8.42. The number of benzene rings is 2. The van der Waals surface area contributed by atoms with Gasteiger partial charge in [0.25, 0.3) is 0 Å². The lowest BCUT2D eigenvalue weighted by Crippen LogP contribution is -2.29. The van der Waals surface area contributed by atoms with E-state index in [2.05, 4.69) is 4.72 Å². The maximum atomic E-state index is 13.0. The molecule has 0 fully saturated rings. The summed E-state index contributed by atoms with van der Waals surface area (Å²) in [5, 5.41) is 0.326. The molecule has 2 aromatic rings. The van der Waals surface area contributed by atoms with Gasteiger partial charge < -0.3 is 0 Å². The number of alkyl halides is 3. The molecule has 8 heteroatoms. The van der Waals surface area contributed by atoms with Crippen LogP contribution in [0.4, 0.5) is 13.2 Å². The van der Waals surface area contributed by atoms with E-state index >= 15 is 0 Å². The maximum Gasteiger partial charge on any atom is 0.417 e. The molecular formula is C15H13ClF3NO2S. The number of hydrogen-bond acceptors (Lipinski definition) is 2. The largest absolute Gasteiger partial charge is 0.417 e. The highest BCUT2D eigenvalue weighted by Crippen LogP contribution is 2.34. The molecule has 0 aliphatic carbocycles. The zero-order chi connectivity index (χ0) is 17.3. The van der Waals surface area contributed by atoms with Gasteiger partial charge in [-0.2, -0.15) is 13.2 Å². The predicted octanol–water partition coefficient (Wildman–Crippen LogP) is 4.40. The van der Waals surface area contributed by atoms with Crippen molar-refractivity contribution in [2.24, 2.45) is 0 Å². The Morgan fingerprint density at radius 2 is 1.61 bits per heavy atom. The zero-order valence-electron chi connectivity index (χ0n) is 11.9. The lowest BCUT2D eigenvalue weighted by molar-refractivity contribution is -0.139. The fourth-order valence-corrected chi connectivity index (χ4v) is 3.87. The average molecular weight is 364 g/mol. The van der Waals surface area contributed by atoms with E-state index in [-0.39, 0.29) is 0 Å². The summed E-state index contributed by atoms with van der Waals surface area (Å²) in [6.07, 6.45) is -4.76. The molecular weight excluding hydrogens is 351 g/mol. The molecule has 2 rings (SSSR count). The molecule has 124 valence electrons. The summed E-state index contributed by atoms with van der Waals surface area (Å²) in [7, 11) is -4.37. The molecule has 0 aromatic heterocycles. The molecule has 0 bridgehead atoms. The van der Waals surface area contributed by atoms with Crippen LogP contribution in [0.25, 0.3) is 0 Å². The van der Waals surface area contributed by atoms with Gasteiger partial charge in [-0.1, -0.05) is 41.9 Å². The second-order valence-corrected chi connectivity index (χ2v) is 6.95. The van der Waals surface area contributed by atoms with E-state index in [1.54, 1.807) is 24.3 Å². The first-order valence-electron chi connectivity index (χ1n) is 6.56. The van der Waals surface area contributed by atoms with Crippen LogP contribution in [-0.2, 0) is 16.2 Å². The highest BCUT2D eigenvalue weighted by molar-refractivity contribution is 7.89. The van der Waals surface area contributed by atoms with E-state index in [0.717, 1.165) is 18.2 Å². The van der Waals surface area contributed by atoms with Crippen LogP contribution in [0.1, 0.15) is 24.1 Å². The van der Waals surface area contributed by atoms with Crippen LogP contribution in [-0.4, -0.2) is 8.42 Å². The molecule has 0 aliphatic rings. The van der Waals surface area contributed by atoms with E-state index < -0.39 is 32.7 Å². The van der Waals surface area contributed by atoms with Crippen molar-refractivity contribution in [3.8, 4) is 0 Å². The summed E-state index contributed by atoms with van der Waals surface area (Å²) in [6.45, 7) is 1.51. The lowest BCUT2D eigenvalue weighted by Gasteiger charge is -2.18. The number of sulfonamides is 1. The molecule has 0 amide bonds. The van der Waals surface area contributed by atoms with Gasteiger partial charge in [0, 0.05) is 11.1 Å². The first-order chi connectivity index (χ1) is 10.6. The molecule has 0 radical (unpaired) electrons. The van der Waals surface area contributed by atoms with Crippen LogP contribution in [0.5, 0.6) is 0 Å². The highest BCUT2D eigenvalue weighted by atomic mass is 35.5. The van der Waals surface area contributed by atoms with Gasteiger partial charge in [-0.3, -0.25) is 0 Å². The quantitative estimate of drug-likeness (QED) is 0.875. The van der Waals surface area contributed by atoms with Gasteiger partial charge in [0.15, 0.2) is 0 Å². The summed E-state index contributed by atoms with van der Waals surface area (Å²) < 4.78 is 65.9. The third kappa shape index (κ3) is 4.04. The monoisotopic (exact) mass is 363 g/mol. The summed E-state index contributed by atoms with van der Waals surface area (Å²) in [5.41, 5.74) is -0.735. The SMILES string of the molecule is CC(NS(=O)(=O)c1ccccc1C(F)(F)F)c1ccccc1Cl. The molecule has 23 heavy (non-hydrogen) atoms. The Morgan fingerprint density at radius 3 is 2.22 bits per heavy atom. The molecule has 3 nitrogen and oxygen atoms in total. The van der Waals surface area contributed by atoms with Crippen LogP contribution in [0, 0.1) is 0 Å². The van der Waals surface area contributed by atoms with Crippen molar-refractivity contribution in [1.82, 2.24) is 4.72 Å². The second kappa shape index (κ2) is 6.51. The lowest BCUT2D eigenvalue weighted by atomic mass is 10.1. The minimum atomic E-state index is -4.76. The normalized spacial score (nSPS) is 13.8. The van der Waals surface area contributed by atoms with Crippen LogP contribution < -0.4 is 4.72 Å². The Bertz CT molecular complexity index is 806. The number of hydrogen-bond donors (Lipinski definition) is 1. The average Bonchev–Trinajstić information content (AvgIpc) is 2.46. The Balaban J connectivity index is 2.39. The van der Waals surface area contributed by atoms with E-state index in [1.165, 1.54) is 13.0 Å². The fraction of sp³-hybridized carbons (Fsp3) is 0.200. The highest BCUT2D eigenvalue weighted by Gasteiger charge is 2.37. The van der Waals surface area contributed by atoms with Gasteiger partial charge >= 0.3 is 6.18 Å². The van der Waals surface area contributed by atoms with Crippen molar-refractivity contribution in [3.63, 3.8) is 0 Å². The zero-order valence-corrected chi connectivity index (χ0v) is 13.5. The Kier molecular flexibility index (Phi) is 5.03. The predicted molar refractivity (Wildman–Crippen MR) is 81.6 cm³/mol. The van der Waals surface area contributed by atoms with E-state index in [9.17, 15) is 21.6 Å². The molecule has 1 atom stereocenters. The Hall–Kier alpha value is -1.57. The maximum absolute atomic E-state index is 13.0. The summed E-state index contributed by atoms with van der Waals surface area (Å²) in [5.74, 6) is 0.